The second kappa shape index (κ2) is 6.23. The quantitative estimate of drug-likeness (QED) is 0.708. The zero-order valence-electron chi connectivity index (χ0n) is 12.7. The number of nitrogens with zero attached hydrogens (tertiary/aromatic N) is 5. The molecule has 114 valence electrons. The van der Waals surface area contributed by atoms with E-state index in [0.717, 1.165) is 34.7 Å². The average Bonchev–Trinajstić information content (AvgIpc) is 3.09. The first-order valence-corrected chi connectivity index (χ1v) is 7.95. The van der Waals surface area contributed by atoms with Crippen LogP contribution in [0.2, 0.25) is 0 Å². The van der Waals surface area contributed by atoms with Gasteiger partial charge in [0.25, 0.3) is 0 Å². The molecule has 0 aromatic carbocycles. The Balaban J connectivity index is 1.76. The van der Waals surface area contributed by atoms with E-state index in [-0.39, 0.29) is 0 Å². The molecule has 3 rings (SSSR count). The van der Waals surface area contributed by atoms with Gasteiger partial charge >= 0.3 is 0 Å². The molecule has 0 atom stereocenters. The molecule has 0 spiro atoms. The number of thiophene rings is 1. The largest absolute Gasteiger partial charge is 0.364 e. The molecule has 0 aliphatic heterocycles. The molecule has 3 aromatic heterocycles. The van der Waals surface area contributed by atoms with Gasteiger partial charge in [0.15, 0.2) is 0 Å². The van der Waals surface area contributed by atoms with Gasteiger partial charge in [0.2, 0.25) is 0 Å². The normalized spacial score (nSPS) is 11.0. The Morgan fingerprint density at radius 2 is 2.23 bits per heavy atom. The minimum absolute atomic E-state index is 0.592. The topological polar surface area (TPSA) is 68.5 Å². The van der Waals surface area contributed by atoms with Crippen LogP contribution in [0.3, 0.4) is 0 Å². The molecule has 6 nitrogen and oxygen atoms in total. The fourth-order valence-electron chi connectivity index (χ4n) is 2.24. The van der Waals surface area contributed by atoms with Crippen molar-refractivity contribution in [3.05, 3.63) is 41.3 Å². The van der Waals surface area contributed by atoms with E-state index in [4.69, 9.17) is 0 Å². The van der Waals surface area contributed by atoms with E-state index in [1.54, 1.807) is 17.7 Å². The van der Waals surface area contributed by atoms with E-state index in [2.05, 4.69) is 46.0 Å². The number of nitrogens with one attached hydrogen (secondary N) is 1. The molecule has 1 N–H and O–H groups in total. The Morgan fingerprint density at radius 3 is 3.05 bits per heavy atom. The van der Waals surface area contributed by atoms with Crippen LogP contribution in [0.1, 0.15) is 22.6 Å². The van der Waals surface area contributed by atoms with Gasteiger partial charge in [0.1, 0.15) is 22.7 Å². The molecule has 3 heterocycles. The summed E-state index contributed by atoms with van der Waals surface area (Å²) < 4.78 is 1.83. The summed E-state index contributed by atoms with van der Waals surface area (Å²) in [6.07, 6.45) is 6.30. The van der Waals surface area contributed by atoms with Gasteiger partial charge < -0.3 is 5.32 Å². The number of rotatable bonds is 6. The van der Waals surface area contributed by atoms with Gasteiger partial charge in [-0.15, -0.1) is 23.0 Å². The van der Waals surface area contributed by atoms with Crippen LogP contribution in [0.5, 0.6) is 0 Å². The molecule has 0 amide bonds. The van der Waals surface area contributed by atoms with Crippen LogP contribution in [0.15, 0.2) is 25.2 Å². The third kappa shape index (κ3) is 2.85. The van der Waals surface area contributed by atoms with Crippen LogP contribution >= 0.6 is 11.3 Å². The number of allylic oxidation sites excluding steroid dienone is 1. The first kappa shape index (κ1) is 14.6. The third-order valence-corrected chi connectivity index (χ3v) is 4.67. The fraction of sp³-hybridized carbons (Fsp3) is 0.333. The number of aromatic nitrogens is 5. The molecule has 0 saturated carbocycles. The van der Waals surface area contributed by atoms with Crippen molar-refractivity contribution in [1.29, 1.82) is 0 Å². The summed E-state index contributed by atoms with van der Waals surface area (Å²) >= 11 is 1.70. The average molecular weight is 314 g/mol. The minimum atomic E-state index is 0.592. The summed E-state index contributed by atoms with van der Waals surface area (Å²) in [6.45, 7) is 9.32. The van der Waals surface area contributed by atoms with Crippen molar-refractivity contribution < 1.29 is 0 Å². The monoisotopic (exact) mass is 314 g/mol. The maximum Gasteiger partial charge on any atom is 0.138 e. The van der Waals surface area contributed by atoms with Gasteiger partial charge in [-0.05, 0) is 25.8 Å². The standard InChI is InChI=1S/C15H18N6S/c1-4-5-6-21-8-12(19-20-21)7-16-14-13-10(2)11(3)22-15(13)18-9-17-14/h4,8-9H,1,5-7H2,2-3H3,(H,16,17,18). The lowest BCUT2D eigenvalue weighted by Crippen LogP contribution is -2.03. The van der Waals surface area contributed by atoms with Crippen LogP contribution < -0.4 is 5.32 Å². The predicted molar refractivity (Wildman–Crippen MR) is 89.1 cm³/mol. The smallest absolute Gasteiger partial charge is 0.138 e. The summed E-state index contributed by atoms with van der Waals surface area (Å²) in [5, 5.41) is 12.7. The Kier molecular flexibility index (Phi) is 4.15. The van der Waals surface area contributed by atoms with Crippen molar-refractivity contribution in [3.8, 4) is 0 Å². The van der Waals surface area contributed by atoms with Crippen LogP contribution in [0, 0.1) is 13.8 Å². The van der Waals surface area contributed by atoms with Crippen molar-refractivity contribution in [3.63, 3.8) is 0 Å². The van der Waals surface area contributed by atoms with Crippen molar-refractivity contribution in [1.82, 2.24) is 25.0 Å². The van der Waals surface area contributed by atoms with Gasteiger partial charge in [-0.25, -0.2) is 9.97 Å². The zero-order chi connectivity index (χ0) is 15.5. The highest BCUT2D eigenvalue weighted by molar-refractivity contribution is 7.18. The second-order valence-electron chi connectivity index (χ2n) is 5.09. The maximum atomic E-state index is 4.37. The molecule has 0 saturated heterocycles. The Hall–Kier alpha value is -2.28. The van der Waals surface area contributed by atoms with Crippen LogP contribution in [-0.4, -0.2) is 25.0 Å². The summed E-state index contributed by atoms with van der Waals surface area (Å²) in [5.74, 6) is 0.854. The predicted octanol–water partition coefficient (Wildman–Crippen LogP) is 3.09. The van der Waals surface area contributed by atoms with Gasteiger partial charge in [0, 0.05) is 11.4 Å². The second-order valence-corrected chi connectivity index (χ2v) is 6.29. The van der Waals surface area contributed by atoms with Gasteiger partial charge in [0.05, 0.1) is 18.1 Å². The first-order chi connectivity index (χ1) is 10.7. The summed E-state index contributed by atoms with van der Waals surface area (Å²) in [4.78, 5) is 11.0. The molecule has 22 heavy (non-hydrogen) atoms. The molecule has 0 unspecified atom stereocenters. The molecule has 7 heteroatoms. The molecule has 0 aliphatic rings. The molecule has 0 bridgehead atoms. The zero-order valence-corrected chi connectivity index (χ0v) is 13.5. The minimum Gasteiger partial charge on any atom is -0.364 e. The third-order valence-electron chi connectivity index (χ3n) is 3.55. The van der Waals surface area contributed by atoms with E-state index in [0.29, 0.717) is 6.54 Å². The lowest BCUT2D eigenvalue weighted by molar-refractivity contribution is 0.597. The van der Waals surface area contributed by atoms with Gasteiger partial charge in [-0.1, -0.05) is 11.3 Å². The number of hydrogen-bond donors (Lipinski definition) is 1. The Bertz CT molecular complexity index is 804. The van der Waals surface area contributed by atoms with Gasteiger partial charge in [-0.3, -0.25) is 4.68 Å². The number of anilines is 1. The molecule has 0 aliphatic carbocycles. The SMILES string of the molecule is C=CCCn1cc(CNc2ncnc3sc(C)c(C)c23)nn1. The molecule has 3 aromatic rings. The van der Waals surface area contributed by atoms with E-state index in [9.17, 15) is 0 Å². The van der Waals surface area contributed by atoms with E-state index < -0.39 is 0 Å². The highest BCUT2D eigenvalue weighted by atomic mass is 32.1. The highest BCUT2D eigenvalue weighted by Gasteiger charge is 2.12. The Morgan fingerprint density at radius 1 is 1.36 bits per heavy atom. The molecular weight excluding hydrogens is 296 g/mol. The van der Waals surface area contributed by atoms with Crippen LogP contribution in [0.25, 0.3) is 10.2 Å². The van der Waals surface area contributed by atoms with Gasteiger partial charge in [-0.2, -0.15) is 0 Å². The number of fused-ring (bicyclic) bond motifs is 1. The summed E-state index contributed by atoms with van der Waals surface area (Å²) in [6, 6.07) is 0. The maximum absolute atomic E-state index is 4.37. The number of hydrogen-bond acceptors (Lipinski definition) is 6. The van der Waals surface area contributed by atoms with Crippen molar-refractivity contribution in [2.75, 3.05) is 5.32 Å². The summed E-state index contributed by atoms with van der Waals surface area (Å²) in [5.41, 5.74) is 2.12. The lowest BCUT2D eigenvalue weighted by atomic mass is 10.2. The van der Waals surface area contributed by atoms with E-state index in [1.165, 1.54) is 10.4 Å². The molecular formula is C15H18N6S. The van der Waals surface area contributed by atoms with E-state index >= 15 is 0 Å². The fourth-order valence-corrected chi connectivity index (χ4v) is 3.24. The lowest BCUT2D eigenvalue weighted by Gasteiger charge is -2.05. The first-order valence-electron chi connectivity index (χ1n) is 7.13. The Labute approximate surface area is 132 Å². The molecule has 0 radical (unpaired) electrons. The van der Waals surface area contributed by atoms with Crippen molar-refractivity contribution >= 4 is 27.4 Å². The van der Waals surface area contributed by atoms with Crippen molar-refractivity contribution in [2.45, 2.75) is 33.4 Å². The van der Waals surface area contributed by atoms with Crippen molar-refractivity contribution in [2.24, 2.45) is 0 Å². The van der Waals surface area contributed by atoms with Crippen LogP contribution in [-0.2, 0) is 13.1 Å². The number of aryl methyl sites for hydroxylation is 3. The highest BCUT2D eigenvalue weighted by Crippen LogP contribution is 2.32. The van der Waals surface area contributed by atoms with E-state index in [1.807, 2.05) is 17.0 Å². The molecule has 0 fully saturated rings. The summed E-state index contributed by atoms with van der Waals surface area (Å²) in [7, 11) is 0. The van der Waals surface area contributed by atoms with Crippen LogP contribution in [0.4, 0.5) is 5.82 Å².